The minimum Gasteiger partial charge on any atom is -0.495 e. The Morgan fingerprint density at radius 2 is 1.65 bits per heavy atom. The fourth-order valence-corrected chi connectivity index (χ4v) is 3.03. The molecule has 0 unspecified atom stereocenters. The van der Waals surface area contributed by atoms with Gasteiger partial charge >= 0.3 is 0 Å². The van der Waals surface area contributed by atoms with Crippen molar-refractivity contribution in [1.82, 2.24) is 4.57 Å². The van der Waals surface area contributed by atoms with Gasteiger partial charge in [-0.15, -0.1) is 0 Å². The number of nitrogens with zero attached hydrogens (tertiary/aromatic N) is 3. The second-order valence-corrected chi connectivity index (χ2v) is 5.90. The lowest BCUT2D eigenvalue weighted by Crippen LogP contribution is -2.47. The van der Waals surface area contributed by atoms with Crippen LogP contribution in [0, 0.1) is 6.92 Å². The summed E-state index contributed by atoms with van der Waals surface area (Å²) in [5.41, 5.74) is 3.19. The molecule has 122 valence electrons. The number of hydrogen-bond acceptors (Lipinski definition) is 4. The average Bonchev–Trinajstić information content (AvgIpc) is 2.59. The van der Waals surface area contributed by atoms with Gasteiger partial charge in [0, 0.05) is 50.7 Å². The van der Waals surface area contributed by atoms with E-state index >= 15 is 0 Å². The summed E-state index contributed by atoms with van der Waals surface area (Å²) >= 11 is 0. The first-order chi connectivity index (χ1) is 11.1. The largest absolute Gasteiger partial charge is 0.495 e. The fraction of sp³-hybridized carbons (Fsp3) is 0.389. The molecule has 0 saturated carbocycles. The lowest BCUT2D eigenvalue weighted by molar-refractivity contribution is 0.413. The molecule has 23 heavy (non-hydrogen) atoms. The van der Waals surface area contributed by atoms with Gasteiger partial charge in [0.1, 0.15) is 5.75 Å². The van der Waals surface area contributed by atoms with Gasteiger partial charge in [-0.25, -0.2) is 0 Å². The Hall–Kier alpha value is -2.43. The minimum atomic E-state index is 0.0483. The summed E-state index contributed by atoms with van der Waals surface area (Å²) in [5, 5.41) is 0. The molecule has 5 heteroatoms. The van der Waals surface area contributed by atoms with Crippen molar-refractivity contribution in [2.24, 2.45) is 7.05 Å². The highest BCUT2D eigenvalue weighted by Crippen LogP contribution is 2.29. The van der Waals surface area contributed by atoms with Crippen LogP contribution >= 0.6 is 0 Å². The lowest BCUT2D eigenvalue weighted by Gasteiger charge is -2.37. The van der Waals surface area contributed by atoms with Crippen LogP contribution in [0.2, 0.25) is 0 Å². The first kappa shape index (κ1) is 15.5. The van der Waals surface area contributed by atoms with Crippen LogP contribution in [0.3, 0.4) is 0 Å². The highest BCUT2D eigenvalue weighted by molar-refractivity contribution is 5.60. The van der Waals surface area contributed by atoms with Crippen molar-refractivity contribution in [3.05, 3.63) is 52.4 Å². The van der Waals surface area contributed by atoms with Gasteiger partial charge in [-0.1, -0.05) is 12.1 Å². The van der Waals surface area contributed by atoms with Crippen molar-refractivity contribution >= 4 is 11.4 Å². The third-order valence-corrected chi connectivity index (χ3v) is 4.56. The molecule has 2 aromatic rings. The maximum Gasteiger partial charge on any atom is 0.252 e. The molecule has 0 aliphatic carbocycles. The molecule has 0 atom stereocenters. The Morgan fingerprint density at radius 1 is 1.00 bits per heavy atom. The second kappa shape index (κ2) is 6.36. The summed E-state index contributed by atoms with van der Waals surface area (Å²) in [5.74, 6) is 0.908. The predicted octanol–water partition coefficient (Wildman–Crippen LogP) is 2.03. The highest BCUT2D eigenvalue weighted by atomic mass is 16.5. The summed E-state index contributed by atoms with van der Waals surface area (Å²) in [6.45, 7) is 5.58. The Morgan fingerprint density at radius 3 is 2.30 bits per heavy atom. The van der Waals surface area contributed by atoms with E-state index < -0.39 is 0 Å². The third kappa shape index (κ3) is 3.04. The molecule has 2 heterocycles. The molecule has 1 aliphatic heterocycles. The molecular weight excluding hydrogens is 290 g/mol. The van der Waals surface area contributed by atoms with Crippen molar-refractivity contribution < 1.29 is 4.74 Å². The zero-order valence-electron chi connectivity index (χ0n) is 14.0. The van der Waals surface area contributed by atoms with Crippen LogP contribution in [0.1, 0.15) is 5.69 Å². The SMILES string of the molecule is COc1ccccc1N1CCN(c2cc(C)n(C)c(=O)c2)CC1. The summed E-state index contributed by atoms with van der Waals surface area (Å²) in [7, 11) is 3.51. The van der Waals surface area contributed by atoms with E-state index in [4.69, 9.17) is 4.74 Å². The van der Waals surface area contributed by atoms with Crippen LogP contribution in [0.5, 0.6) is 5.75 Å². The van der Waals surface area contributed by atoms with Gasteiger partial charge in [-0.3, -0.25) is 4.79 Å². The number of hydrogen-bond donors (Lipinski definition) is 0. The van der Waals surface area contributed by atoms with E-state index in [1.807, 2.05) is 25.1 Å². The van der Waals surface area contributed by atoms with Gasteiger partial charge in [-0.2, -0.15) is 0 Å². The van der Waals surface area contributed by atoms with Crippen molar-refractivity contribution in [2.75, 3.05) is 43.1 Å². The molecule has 5 nitrogen and oxygen atoms in total. The van der Waals surface area contributed by atoms with E-state index in [1.165, 1.54) is 0 Å². The number of benzene rings is 1. The summed E-state index contributed by atoms with van der Waals surface area (Å²) < 4.78 is 7.13. The van der Waals surface area contributed by atoms with Gasteiger partial charge in [0.25, 0.3) is 5.56 Å². The average molecular weight is 313 g/mol. The smallest absolute Gasteiger partial charge is 0.252 e. The van der Waals surface area contributed by atoms with Crippen LogP contribution in [0.4, 0.5) is 11.4 Å². The molecule has 1 aliphatic rings. The van der Waals surface area contributed by atoms with Crippen LogP contribution < -0.4 is 20.1 Å². The number of aromatic nitrogens is 1. The van der Waals surface area contributed by atoms with E-state index in [2.05, 4.69) is 21.9 Å². The molecule has 1 fully saturated rings. The number of rotatable bonds is 3. The van der Waals surface area contributed by atoms with Crippen molar-refractivity contribution in [1.29, 1.82) is 0 Å². The van der Waals surface area contributed by atoms with Crippen LogP contribution in [0.25, 0.3) is 0 Å². The maximum atomic E-state index is 12.0. The van der Waals surface area contributed by atoms with E-state index in [1.54, 1.807) is 24.8 Å². The second-order valence-electron chi connectivity index (χ2n) is 5.90. The zero-order valence-corrected chi connectivity index (χ0v) is 14.0. The van der Waals surface area contributed by atoms with Gasteiger partial charge < -0.3 is 19.1 Å². The van der Waals surface area contributed by atoms with Crippen molar-refractivity contribution in [2.45, 2.75) is 6.92 Å². The standard InChI is InChI=1S/C18H23N3O2/c1-14-12-15(13-18(22)19(14)2)20-8-10-21(11-9-20)16-6-4-5-7-17(16)23-3/h4-7,12-13H,8-11H2,1-3H3. The van der Waals surface area contributed by atoms with Gasteiger partial charge in [-0.05, 0) is 25.1 Å². The molecular formula is C18H23N3O2. The molecule has 1 aromatic carbocycles. The predicted molar refractivity (Wildman–Crippen MR) is 93.8 cm³/mol. The summed E-state index contributed by atoms with van der Waals surface area (Å²) in [6, 6.07) is 11.9. The number of ether oxygens (including phenoxy) is 1. The zero-order chi connectivity index (χ0) is 16.4. The van der Waals surface area contributed by atoms with Gasteiger partial charge in [0.15, 0.2) is 0 Å². The van der Waals surface area contributed by atoms with Gasteiger partial charge in [0.05, 0.1) is 12.8 Å². The van der Waals surface area contributed by atoms with E-state index in [9.17, 15) is 4.79 Å². The van der Waals surface area contributed by atoms with Crippen molar-refractivity contribution in [3.63, 3.8) is 0 Å². The van der Waals surface area contributed by atoms with E-state index in [0.717, 1.165) is 49.0 Å². The Labute approximate surface area is 136 Å². The third-order valence-electron chi connectivity index (χ3n) is 4.56. The van der Waals surface area contributed by atoms with Crippen molar-refractivity contribution in [3.8, 4) is 5.75 Å². The van der Waals surface area contributed by atoms with Crippen LogP contribution in [0.15, 0.2) is 41.2 Å². The normalized spacial score (nSPS) is 14.9. The Bertz CT molecular complexity index is 746. The molecule has 0 radical (unpaired) electrons. The Balaban J connectivity index is 1.75. The number of aryl methyl sites for hydroxylation is 1. The first-order valence-corrected chi connectivity index (χ1v) is 7.91. The quantitative estimate of drug-likeness (QED) is 0.869. The highest BCUT2D eigenvalue weighted by Gasteiger charge is 2.20. The lowest BCUT2D eigenvalue weighted by atomic mass is 10.2. The maximum absolute atomic E-state index is 12.0. The molecule has 3 rings (SSSR count). The molecule has 0 N–H and O–H groups in total. The van der Waals surface area contributed by atoms with Gasteiger partial charge in [0.2, 0.25) is 0 Å². The Kier molecular flexibility index (Phi) is 4.28. The molecule has 0 amide bonds. The molecule has 0 bridgehead atoms. The molecule has 0 spiro atoms. The first-order valence-electron chi connectivity index (χ1n) is 7.91. The van der Waals surface area contributed by atoms with Crippen LogP contribution in [-0.2, 0) is 7.05 Å². The minimum absolute atomic E-state index is 0.0483. The number of methoxy groups -OCH3 is 1. The fourth-order valence-electron chi connectivity index (χ4n) is 3.03. The topological polar surface area (TPSA) is 37.7 Å². The molecule has 1 aromatic heterocycles. The summed E-state index contributed by atoms with van der Waals surface area (Å²) in [4.78, 5) is 16.6. The molecule has 1 saturated heterocycles. The number of anilines is 2. The monoisotopic (exact) mass is 313 g/mol. The number of piperazine rings is 1. The van der Waals surface area contributed by atoms with E-state index in [-0.39, 0.29) is 5.56 Å². The number of para-hydroxylation sites is 2. The van der Waals surface area contributed by atoms with E-state index in [0.29, 0.717) is 0 Å². The van der Waals surface area contributed by atoms with Crippen LogP contribution in [-0.4, -0.2) is 37.9 Å². The summed E-state index contributed by atoms with van der Waals surface area (Å²) in [6.07, 6.45) is 0. The number of pyridine rings is 1.